The van der Waals surface area contributed by atoms with Gasteiger partial charge in [-0.2, -0.15) is 0 Å². The Hall–Kier alpha value is -2.20. The molecule has 3 nitrogen and oxygen atoms in total. The van der Waals surface area contributed by atoms with Gasteiger partial charge in [0.2, 0.25) is 0 Å². The summed E-state index contributed by atoms with van der Waals surface area (Å²) in [5.41, 5.74) is 1.31. The quantitative estimate of drug-likeness (QED) is 0.617. The molecule has 18 heavy (non-hydrogen) atoms. The zero-order valence-electron chi connectivity index (χ0n) is 9.37. The maximum Gasteiger partial charge on any atom is 0.396 e. The fourth-order valence-electron chi connectivity index (χ4n) is 1.67. The van der Waals surface area contributed by atoms with Crippen molar-refractivity contribution in [2.45, 2.75) is 0 Å². The standard InChI is InChI=1S/C14H9NO2S/c16-14-17-12-7-3-1-5-10(12)9-15-11-6-2-4-8-13(11)18-14/h1-9H. The Kier molecular flexibility index (Phi) is 2.78. The fraction of sp³-hybridized carbons (Fsp3) is 0. The van der Waals surface area contributed by atoms with E-state index in [1.807, 2.05) is 42.5 Å². The third kappa shape index (κ3) is 2.10. The van der Waals surface area contributed by atoms with Crippen molar-refractivity contribution in [3.8, 4) is 0 Å². The van der Waals surface area contributed by atoms with E-state index in [4.69, 9.17) is 4.42 Å². The molecule has 1 heterocycles. The Morgan fingerprint density at radius 3 is 2.72 bits per heavy atom. The van der Waals surface area contributed by atoms with Crippen LogP contribution in [0.2, 0.25) is 0 Å². The first-order valence-electron chi connectivity index (χ1n) is 5.45. The zero-order valence-corrected chi connectivity index (χ0v) is 10.2. The summed E-state index contributed by atoms with van der Waals surface area (Å²) in [4.78, 5) is 15.9. The minimum atomic E-state index is -0.347. The van der Waals surface area contributed by atoms with Gasteiger partial charge in [-0.3, -0.25) is 4.98 Å². The van der Waals surface area contributed by atoms with E-state index in [0.717, 1.165) is 26.9 Å². The lowest BCUT2D eigenvalue weighted by Gasteiger charge is -1.88. The van der Waals surface area contributed by atoms with Crippen molar-refractivity contribution in [1.29, 1.82) is 0 Å². The molecule has 3 aromatic rings. The summed E-state index contributed by atoms with van der Waals surface area (Å²) in [5, 5.41) is 0.795. The molecule has 2 aromatic carbocycles. The van der Waals surface area contributed by atoms with Gasteiger partial charge in [0, 0.05) is 11.6 Å². The van der Waals surface area contributed by atoms with Crippen LogP contribution in [0.5, 0.6) is 0 Å². The molecule has 0 N–H and O–H groups in total. The number of benzene rings is 2. The van der Waals surface area contributed by atoms with Gasteiger partial charge < -0.3 is 4.42 Å². The Morgan fingerprint density at radius 2 is 1.78 bits per heavy atom. The van der Waals surface area contributed by atoms with Gasteiger partial charge in [-0.05, 0) is 24.3 Å². The van der Waals surface area contributed by atoms with Gasteiger partial charge in [0.15, 0.2) is 0 Å². The van der Waals surface area contributed by atoms with Crippen molar-refractivity contribution in [2.75, 3.05) is 0 Å². The van der Waals surface area contributed by atoms with Crippen LogP contribution in [0, 0.1) is 0 Å². The molecular weight excluding hydrogens is 246 g/mol. The van der Waals surface area contributed by atoms with Gasteiger partial charge in [-0.25, -0.2) is 4.79 Å². The lowest BCUT2D eigenvalue weighted by atomic mass is 10.3. The monoisotopic (exact) mass is 255 g/mol. The van der Waals surface area contributed by atoms with Crippen LogP contribution in [-0.2, 0) is 0 Å². The van der Waals surface area contributed by atoms with Crippen molar-refractivity contribution >= 4 is 32.5 Å². The molecule has 0 bridgehead atoms. The molecule has 3 rings (SSSR count). The van der Waals surface area contributed by atoms with Crippen LogP contribution < -0.4 is 4.94 Å². The average molecular weight is 255 g/mol. The molecule has 0 amide bonds. The summed E-state index contributed by atoms with van der Waals surface area (Å²) in [6, 6.07) is 14.8. The van der Waals surface area contributed by atoms with Crippen LogP contribution >= 0.6 is 11.3 Å². The van der Waals surface area contributed by atoms with Crippen molar-refractivity contribution in [3.05, 3.63) is 64.5 Å². The molecule has 0 radical (unpaired) electrons. The second-order valence-electron chi connectivity index (χ2n) is 3.72. The number of nitrogens with zero attached hydrogens (tertiary/aromatic N) is 1. The highest BCUT2D eigenvalue weighted by atomic mass is 32.1. The third-order valence-corrected chi connectivity index (χ3v) is 3.33. The first-order valence-corrected chi connectivity index (χ1v) is 6.26. The molecule has 0 saturated heterocycles. The number of para-hydroxylation sites is 2. The van der Waals surface area contributed by atoms with Gasteiger partial charge >= 0.3 is 4.94 Å². The third-order valence-electron chi connectivity index (χ3n) is 2.51. The number of aromatic nitrogens is 1. The molecule has 0 fully saturated rings. The minimum absolute atomic E-state index is 0.347. The summed E-state index contributed by atoms with van der Waals surface area (Å²) in [6.07, 6.45) is 1.72. The highest BCUT2D eigenvalue weighted by molar-refractivity contribution is 7.15. The Bertz CT molecular complexity index is 752. The van der Waals surface area contributed by atoms with E-state index in [0.29, 0.717) is 5.58 Å². The lowest BCUT2D eigenvalue weighted by Crippen LogP contribution is -1.86. The molecule has 0 aliphatic rings. The fourth-order valence-corrected chi connectivity index (χ4v) is 2.35. The molecule has 0 spiro atoms. The Balaban J connectivity index is 2.55. The Morgan fingerprint density at radius 1 is 1.00 bits per heavy atom. The smallest absolute Gasteiger partial charge is 0.396 e. The predicted octanol–water partition coefficient (Wildman–Crippen LogP) is 3.53. The van der Waals surface area contributed by atoms with Crippen LogP contribution in [0.3, 0.4) is 0 Å². The Labute approximate surface area is 107 Å². The number of hydrogen-bond donors (Lipinski definition) is 0. The second-order valence-corrected chi connectivity index (χ2v) is 4.70. The van der Waals surface area contributed by atoms with E-state index in [-0.39, 0.29) is 4.94 Å². The normalized spacial score (nSPS) is 10.4. The van der Waals surface area contributed by atoms with E-state index in [1.54, 1.807) is 12.3 Å². The van der Waals surface area contributed by atoms with Crippen LogP contribution in [0.1, 0.15) is 0 Å². The zero-order chi connectivity index (χ0) is 12.4. The molecule has 0 unspecified atom stereocenters. The van der Waals surface area contributed by atoms with Crippen molar-refractivity contribution in [3.63, 3.8) is 0 Å². The van der Waals surface area contributed by atoms with Gasteiger partial charge in [0.1, 0.15) is 5.58 Å². The van der Waals surface area contributed by atoms with E-state index >= 15 is 0 Å². The van der Waals surface area contributed by atoms with Crippen LogP contribution in [0.15, 0.2) is 63.9 Å². The molecule has 0 saturated carbocycles. The first kappa shape index (κ1) is 10.9. The van der Waals surface area contributed by atoms with Crippen LogP contribution in [0.4, 0.5) is 0 Å². The van der Waals surface area contributed by atoms with E-state index in [1.165, 1.54) is 0 Å². The summed E-state index contributed by atoms with van der Waals surface area (Å²) < 4.78 is 6.10. The number of fused-ring (bicyclic) bond motifs is 2. The van der Waals surface area contributed by atoms with Crippen molar-refractivity contribution < 1.29 is 4.42 Å². The molecule has 4 heteroatoms. The largest absolute Gasteiger partial charge is 0.415 e. The maximum absolute atomic E-state index is 11.8. The molecule has 0 aliphatic heterocycles. The highest BCUT2D eigenvalue weighted by Gasteiger charge is 1.95. The van der Waals surface area contributed by atoms with Crippen LogP contribution in [0.25, 0.3) is 21.2 Å². The molecule has 88 valence electrons. The highest BCUT2D eigenvalue weighted by Crippen LogP contribution is 2.13. The number of hydrogen-bond acceptors (Lipinski definition) is 4. The molecule has 0 atom stereocenters. The minimum Gasteiger partial charge on any atom is -0.415 e. The predicted molar refractivity (Wildman–Crippen MR) is 73.3 cm³/mol. The van der Waals surface area contributed by atoms with E-state index < -0.39 is 0 Å². The SMILES string of the molecule is O=c1oc2ccccc2cnc2ccccc2s1. The summed E-state index contributed by atoms with van der Waals surface area (Å²) in [6.45, 7) is 0. The van der Waals surface area contributed by atoms with E-state index in [2.05, 4.69) is 4.98 Å². The number of rotatable bonds is 0. The summed E-state index contributed by atoms with van der Waals surface area (Å²) >= 11 is 1.05. The first-order chi connectivity index (χ1) is 8.83. The maximum atomic E-state index is 11.8. The average Bonchev–Trinajstić information content (AvgIpc) is 2.45. The van der Waals surface area contributed by atoms with E-state index in [9.17, 15) is 4.79 Å². The second kappa shape index (κ2) is 4.58. The topological polar surface area (TPSA) is 43.1 Å². The molecular formula is C14H9NO2S. The van der Waals surface area contributed by atoms with Gasteiger partial charge in [0.25, 0.3) is 0 Å². The lowest BCUT2D eigenvalue weighted by molar-refractivity contribution is 0.581. The van der Waals surface area contributed by atoms with Gasteiger partial charge in [-0.15, -0.1) is 0 Å². The van der Waals surface area contributed by atoms with Crippen molar-refractivity contribution in [1.82, 2.24) is 4.98 Å². The molecule has 0 aliphatic carbocycles. The summed E-state index contributed by atoms with van der Waals surface area (Å²) in [7, 11) is 0. The van der Waals surface area contributed by atoms with Gasteiger partial charge in [0.05, 0.1) is 10.2 Å². The molecule has 1 aromatic heterocycles. The summed E-state index contributed by atoms with van der Waals surface area (Å²) in [5.74, 6) is 0. The van der Waals surface area contributed by atoms with Crippen LogP contribution in [-0.4, -0.2) is 4.98 Å². The van der Waals surface area contributed by atoms with Gasteiger partial charge in [-0.1, -0.05) is 35.6 Å². The van der Waals surface area contributed by atoms with Crippen molar-refractivity contribution in [2.24, 2.45) is 0 Å².